The molecular formula is C14H20BrFN2O. The zero-order valence-electron chi connectivity index (χ0n) is 11.5. The zero-order chi connectivity index (χ0) is 14.4. The van der Waals surface area contributed by atoms with E-state index in [4.69, 9.17) is 0 Å². The van der Waals surface area contributed by atoms with Crippen LogP contribution in [0, 0.1) is 5.82 Å². The largest absolute Gasteiger partial charge is 0.349 e. The van der Waals surface area contributed by atoms with Crippen molar-refractivity contribution in [2.45, 2.75) is 25.8 Å². The fourth-order valence-corrected chi connectivity index (χ4v) is 2.11. The van der Waals surface area contributed by atoms with Crippen LogP contribution in [0.5, 0.6) is 0 Å². The molecule has 0 saturated carbocycles. The van der Waals surface area contributed by atoms with E-state index in [1.807, 2.05) is 6.92 Å². The van der Waals surface area contributed by atoms with Crippen LogP contribution in [0.3, 0.4) is 0 Å². The molecule has 5 heteroatoms. The molecule has 0 aromatic heterocycles. The van der Waals surface area contributed by atoms with Crippen LogP contribution in [-0.2, 0) is 11.2 Å². The number of carbonyl (C=O) groups excluding carboxylic acids is 1. The summed E-state index contributed by atoms with van der Waals surface area (Å²) in [7, 11) is 3.48. The maximum Gasteiger partial charge on any atom is 0.223 e. The average molecular weight is 331 g/mol. The van der Waals surface area contributed by atoms with Crippen molar-refractivity contribution >= 4 is 21.8 Å². The monoisotopic (exact) mass is 330 g/mol. The number of nitrogens with one attached hydrogen (secondary N) is 1. The van der Waals surface area contributed by atoms with E-state index in [9.17, 15) is 9.18 Å². The van der Waals surface area contributed by atoms with Gasteiger partial charge in [0.05, 0.1) is 0 Å². The van der Waals surface area contributed by atoms with Gasteiger partial charge in [-0.15, -0.1) is 0 Å². The molecule has 19 heavy (non-hydrogen) atoms. The Hall–Kier alpha value is -0.940. The molecule has 1 atom stereocenters. The zero-order valence-corrected chi connectivity index (χ0v) is 13.1. The number of amides is 1. The Kier molecular flexibility index (Phi) is 6.45. The van der Waals surface area contributed by atoms with Crippen molar-refractivity contribution < 1.29 is 9.18 Å². The van der Waals surface area contributed by atoms with Crippen molar-refractivity contribution in [2.75, 3.05) is 20.6 Å². The highest BCUT2D eigenvalue weighted by atomic mass is 79.9. The molecule has 1 aromatic rings. The molecular weight excluding hydrogens is 311 g/mol. The van der Waals surface area contributed by atoms with Crippen LogP contribution >= 0.6 is 15.9 Å². The van der Waals surface area contributed by atoms with Gasteiger partial charge in [-0.25, -0.2) is 4.39 Å². The highest BCUT2D eigenvalue weighted by Gasteiger charge is 2.10. The van der Waals surface area contributed by atoms with E-state index in [0.717, 1.165) is 4.47 Å². The molecule has 0 aliphatic carbocycles. The fraction of sp³-hybridized carbons (Fsp3) is 0.500. The van der Waals surface area contributed by atoms with E-state index >= 15 is 0 Å². The van der Waals surface area contributed by atoms with E-state index in [1.165, 1.54) is 6.07 Å². The SMILES string of the molecule is C[C@@H](CC(=O)N(C)C)NCCc1cc(Br)ccc1F. The normalized spacial score (nSPS) is 12.3. The Morgan fingerprint density at radius 2 is 2.16 bits per heavy atom. The van der Waals surface area contributed by atoms with Gasteiger partial charge in [-0.05, 0) is 43.7 Å². The van der Waals surface area contributed by atoms with Crippen molar-refractivity contribution in [1.82, 2.24) is 10.2 Å². The maximum atomic E-state index is 13.5. The molecule has 1 N–H and O–H groups in total. The minimum absolute atomic E-state index is 0.0881. The molecule has 0 heterocycles. The molecule has 1 rings (SSSR count). The smallest absolute Gasteiger partial charge is 0.223 e. The number of rotatable bonds is 6. The molecule has 1 amide bonds. The summed E-state index contributed by atoms with van der Waals surface area (Å²) >= 11 is 3.33. The van der Waals surface area contributed by atoms with Gasteiger partial charge in [0.1, 0.15) is 5.82 Å². The van der Waals surface area contributed by atoms with Crippen molar-refractivity contribution in [3.63, 3.8) is 0 Å². The van der Waals surface area contributed by atoms with Crippen LogP contribution in [0.15, 0.2) is 22.7 Å². The van der Waals surface area contributed by atoms with Crippen LogP contribution in [0.1, 0.15) is 18.9 Å². The number of nitrogens with zero attached hydrogens (tertiary/aromatic N) is 1. The molecule has 0 spiro atoms. The summed E-state index contributed by atoms with van der Waals surface area (Å²) in [6.07, 6.45) is 1.06. The van der Waals surface area contributed by atoms with Crippen molar-refractivity contribution in [1.29, 1.82) is 0 Å². The van der Waals surface area contributed by atoms with Gasteiger partial charge in [0.25, 0.3) is 0 Å². The summed E-state index contributed by atoms with van der Waals surface area (Å²) < 4.78 is 14.4. The van der Waals surface area contributed by atoms with Crippen LogP contribution in [-0.4, -0.2) is 37.5 Å². The summed E-state index contributed by atoms with van der Waals surface area (Å²) in [4.78, 5) is 13.1. The highest BCUT2D eigenvalue weighted by Crippen LogP contribution is 2.15. The van der Waals surface area contributed by atoms with Gasteiger partial charge < -0.3 is 10.2 Å². The van der Waals surface area contributed by atoms with Crippen molar-refractivity contribution in [3.8, 4) is 0 Å². The first-order valence-corrected chi connectivity index (χ1v) is 7.07. The second-order valence-electron chi connectivity index (χ2n) is 4.83. The van der Waals surface area contributed by atoms with Gasteiger partial charge in [0.2, 0.25) is 5.91 Å². The molecule has 0 aliphatic rings. The Morgan fingerprint density at radius 1 is 1.47 bits per heavy atom. The first-order chi connectivity index (χ1) is 8.90. The number of benzene rings is 1. The van der Waals surface area contributed by atoms with Gasteiger partial charge in [-0.3, -0.25) is 4.79 Å². The summed E-state index contributed by atoms with van der Waals surface area (Å²) in [5, 5.41) is 3.23. The lowest BCUT2D eigenvalue weighted by Gasteiger charge is -2.16. The molecule has 0 saturated heterocycles. The molecule has 0 bridgehead atoms. The minimum atomic E-state index is -0.193. The van der Waals surface area contributed by atoms with Crippen molar-refractivity contribution in [2.24, 2.45) is 0 Å². The van der Waals surface area contributed by atoms with E-state index < -0.39 is 0 Å². The topological polar surface area (TPSA) is 32.3 Å². The standard InChI is InChI=1S/C14H20BrFN2O/c1-10(8-14(19)18(2)3)17-7-6-11-9-12(15)4-5-13(11)16/h4-5,9-10,17H,6-8H2,1-3H3/t10-/m0/s1. The lowest BCUT2D eigenvalue weighted by Crippen LogP contribution is -2.34. The Balaban J connectivity index is 2.37. The van der Waals surface area contributed by atoms with E-state index in [0.29, 0.717) is 24.9 Å². The van der Waals surface area contributed by atoms with Gasteiger partial charge in [0.15, 0.2) is 0 Å². The van der Waals surface area contributed by atoms with Gasteiger partial charge in [-0.2, -0.15) is 0 Å². The summed E-state index contributed by atoms with van der Waals surface area (Å²) in [5.41, 5.74) is 0.674. The van der Waals surface area contributed by atoms with Crippen LogP contribution in [0.4, 0.5) is 4.39 Å². The minimum Gasteiger partial charge on any atom is -0.349 e. The second kappa shape index (κ2) is 7.60. The van der Waals surface area contributed by atoms with Crippen LogP contribution in [0.25, 0.3) is 0 Å². The summed E-state index contributed by atoms with van der Waals surface area (Å²) in [6, 6.07) is 5.01. The summed E-state index contributed by atoms with van der Waals surface area (Å²) in [6.45, 7) is 2.61. The number of carbonyl (C=O) groups is 1. The molecule has 0 aliphatic heterocycles. The third kappa shape index (κ3) is 5.70. The maximum absolute atomic E-state index is 13.5. The van der Waals surface area contributed by atoms with Crippen molar-refractivity contribution in [3.05, 3.63) is 34.1 Å². The fourth-order valence-electron chi connectivity index (χ4n) is 1.70. The summed E-state index contributed by atoms with van der Waals surface area (Å²) in [5.74, 6) is -0.101. The molecule has 0 fully saturated rings. The first-order valence-electron chi connectivity index (χ1n) is 6.27. The van der Waals surface area contributed by atoms with Crippen LogP contribution in [0.2, 0.25) is 0 Å². The molecule has 0 unspecified atom stereocenters. The Bertz CT molecular complexity index is 437. The van der Waals surface area contributed by atoms with Gasteiger partial charge >= 0.3 is 0 Å². The molecule has 1 aromatic carbocycles. The Morgan fingerprint density at radius 3 is 2.79 bits per heavy atom. The Labute approximate surface area is 122 Å². The number of halogens is 2. The molecule has 3 nitrogen and oxygen atoms in total. The third-order valence-electron chi connectivity index (χ3n) is 2.87. The predicted octanol–water partition coefficient (Wildman–Crippen LogP) is 2.59. The highest BCUT2D eigenvalue weighted by molar-refractivity contribution is 9.10. The van der Waals surface area contributed by atoms with E-state index in [1.54, 1.807) is 31.1 Å². The average Bonchev–Trinajstić information content (AvgIpc) is 2.33. The van der Waals surface area contributed by atoms with E-state index in [-0.39, 0.29) is 17.8 Å². The van der Waals surface area contributed by atoms with Gasteiger partial charge in [-0.1, -0.05) is 15.9 Å². The predicted molar refractivity (Wildman–Crippen MR) is 78.6 cm³/mol. The lowest BCUT2D eigenvalue weighted by molar-refractivity contribution is -0.129. The number of hydrogen-bond acceptors (Lipinski definition) is 2. The van der Waals surface area contributed by atoms with Crippen LogP contribution < -0.4 is 5.32 Å². The second-order valence-corrected chi connectivity index (χ2v) is 5.75. The molecule has 0 radical (unpaired) electrons. The lowest BCUT2D eigenvalue weighted by atomic mass is 10.1. The van der Waals surface area contributed by atoms with Gasteiger partial charge in [0, 0.05) is 31.0 Å². The molecule has 106 valence electrons. The third-order valence-corrected chi connectivity index (χ3v) is 3.37. The first kappa shape index (κ1) is 16.1. The number of hydrogen-bond donors (Lipinski definition) is 1. The quantitative estimate of drug-likeness (QED) is 0.869. The van der Waals surface area contributed by atoms with E-state index in [2.05, 4.69) is 21.2 Å².